The second kappa shape index (κ2) is 5.36. The number of anilines is 1. The van der Waals surface area contributed by atoms with Crippen molar-refractivity contribution >= 4 is 17.3 Å². The van der Waals surface area contributed by atoms with Crippen molar-refractivity contribution < 1.29 is 8.78 Å². The Morgan fingerprint density at radius 1 is 1.11 bits per heavy atom. The van der Waals surface area contributed by atoms with Gasteiger partial charge in [-0.05, 0) is 48.4 Å². The second-order valence-electron chi connectivity index (χ2n) is 4.05. The molecule has 0 bridgehead atoms. The Bertz CT molecular complexity index is 570. The van der Waals surface area contributed by atoms with Crippen LogP contribution in [0.5, 0.6) is 0 Å². The van der Waals surface area contributed by atoms with Crippen LogP contribution in [-0.2, 0) is 6.54 Å². The molecule has 2 aromatic carbocycles. The molecule has 1 nitrogen and oxygen atoms in total. The Hall–Kier alpha value is -1.61. The lowest BCUT2D eigenvalue weighted by Crippen LogP contribution is -2.01. The van der Waals surface area contributed by atoms with Crippen LogP contribution in [0.1, 0.15) is 11.1 Å². The van der Waals surface area contributed by atoms with Crippen LogP contribution >= 0.6 is 11.6 Å². The average molecular weight is 268 g/mol. The van der Waals surface area contributed by atoms with Crippen LogP contribution in [0.3, 0.4) is 0 Å². The van der Waals surface area contributed by atoms with Gasteiger partial charge in [-0.15, -0.1) is 0 Å². The summed E-state index contributed by atoms with van der Waals surface area (Å²) >= 11 is 5.94. The van der Waals surface area contributed by atoms with Crippen LogP contribution in [0.2, 0.25) is 5.02 Å². The third-order valence-corrected chi connectivity index (χ3v) is 3.03. The largest absolute Gasteiger partial charge is 0.381 e. The molecule has 0 spiro atoms. The summed E-state index contributed by atoms with van der Waals surface area (Å²) in [6, 6.07) is 9.03. The van der Waals surface area contributed by atoms with Crippen LogP contribution in [0, 0.1) is 18.6 Å². The highest BCUT2D eigenvalue weighted by Gasteiger charge is 2.03. The Kier molecular flexibility index (Phi) is 3.82. The van der Waals surface area contributed by atoms with Gasteiger partial charge in [-0.25, -0.2) is 8.78 Å². The number of hydrogen-bond acceptors (Lipinski definition) is 1. The fourth-order valence-electron chi connectivity index (χ4n) is 1.58. The maximum Gasteiger partial charge on any atom is 0.128 e. The number of aryl methyl sites for hydroxylation is 1. The van der Waals surface area contributed by atoms with Gasteiger partial charge in [0.15, 0.2) is 0 Å². The van der Waals surface area contributed by atoms with Gasteiger partial charge in [0, 0.05) is 17.3 Å². The Morgan fingerprint density at radius 3 is 2.61 bits per heavy atom. The zero-order valence-electron chi connectivity index (χ0n) is 9.81. The SMILES string of the molecule is Cc1ccc(NCc2cc(F)ccc2Cl)cc1F. The van der Waals surface area contributed by atoms with Crippen molar-refractivity contribution in [1.29, 1.82) is 0 Å². The molecule has 94 valence electrons. The second-order valence-corrected chi connectivity index (χ2v) is 4.46. The topological polar surface area (TPSA) is 12.0 Å². The molecule has 18 heavy (non-hydrogen) atoms. The molecule has 2 rings (SSSR count). The van der Waals surface area contributed by atoms with Gasteiger partial charge in [0.25, 0.3) is 0 Å². The molecule has 2 aromatic rings. The summed E-state index contributed by atoms with van der Waals surface area (Å²) in [5.41, 5.74) is 1.86. The van der Waals surface area contributed by atoms with E-state index in [9.17, 15) is 8.78 Å². The van der Waals surface area contributed by atoms with E-state index in [0.29, 0.717) is 28.4 Å². The summed E-state index contributed by atoms with van der Waals surface area (Å²) in [6.07, 6.45) is 0. The molecule has 0 radical (unpaired) electrons. The predicted octanol–water partition coefficient (Wildman–Crippen LogP) is 4.54. The molecule has 0 saturated carbocycles. The molecule has 1 N–H and O–H groups in total. The molecule has 0 atom stereocenters. The van der Waals surface area contributed by atoms with Crippen LogP contribution in [0.4, 0.5) is 14.5 Å². The van der Waals surface area contributed by atoms with E-state index in [-0.39, 0.29) is 11.6 Å². The molecule has 0 amide bonds. The van der Waals surface area contributed by atoms with Crippen molar-refractivity contribution in [1.82, 2.24) is 0 Å². The van der Waals surface area contributed by atoms with Gasteiger partial charge in [0.2, 0.25) is 0 Å². The van der Waals surface area contributed by atoms with E-state index in [1.807, 2.05) is 0 Å². The summed E-state index contributed by atoms with van der Waals surface area (Å²) in [6.45, 7) is 2.04. The summed E-state index contributed by atoms with van der Waals surface area (Å²) in [4.78, 5) is 0. The molecule has 4 heteroatoms. The van der Waals surface area contributed by atoms with E-state index < -0.39 is 0 Å². The highest BCUT2D eigenvalue weighted by Crippen LogP contribution is 2.19. The zero-order chi connectivity index (χ0) is 13.1. The first-order chi connectivity index (χ1) is 8.56. The number of nitrogens with one attached hydrogen (secondary N) is 1. The minimum Gasteiger partial charge on any atom is -0.381 e. The summed E-state index contributed by atoms with van der Waals surface area (Å²) in [5.74, 6) is -0.614. The molecule has 0 saturated heterocycles. The third-order valence-electron chi connectivity index (χ3n) is 2.66. The normalized spacial score (nSPS) is 10.4. The Morgan fingerprint density at radius 2 is 1.89 bits per heavy atom. The minimum absolute atomic E-state index is 0.273. The van der Waals surface area contributed by atoms with Crippen LogP contribution in [0.25, 0.3) is 0 Å². The first kappa shape index (κ1) is 12.8. The lowest BCUT2D eigenvalue weighted by atomic mass is 10.2. The van der Waals surface area contributed by atoms with Gasteiger partial charge < -0.3 is 5.32 Å². The molecular weight excluding hydrogens is 256 g/mol. The van der Waals surface area contributed by atoms with Crippen molar-refractivity contribution in [2.45, 2.75) is 13.5 Å². The van der Waals surface area contributed by atoms with E-state index >= 15 is 0 Å². The summed E-state index contributed by atoms with van der Waals surface area (Å²) in [5, 5.41) is 3.49. The smallest absolute Gasteiger partial charge is 0.128 e. The molecule has 0 aromatic heterocycles. The van der Waals surface area contributed by atoms with Crippen molar-refractivity contribution in [3.05, 3.63) is 64.2 Å². The quantitative estimate of drug-likeness (QED) is 0.861. The van der Waals surface area contributed by atoms with Gasteiger partial charge in [0.1, 0.15) is 11.6 Å². The molecule has 0 unspecified atom stereocenters. The first-order valence-corrected chi connectivity index (χ1v) is 5.88. The van der Waals surface area contributed by atoms with Crippen LogP contribution in [0.15, 0.2) is 36.4 Å². The first-order valence-electron chi connectivity index (χ1n) is 5.50. The Balaban J connectivity index is 2.11. The molecule has 0 aliphatic heterocycles. The van der Waals surface area contributed by atoms with E-state index in [1.165, 1.54) is 24.3 Å². The van der Waals surface area contributed by atoms with E-state index in [0.717, 1.165) is 0 Å². The van der Waals surface area contributed by atoms with Gasteiger partial charge in [-0.3, -0.25) is 0 Å². The lowest BCUT2D eigenvalue weighted by molar-refractivity contribution is 0.618. The van der Waals surface area contributed by atoms with Gasteiger partial charge >= 0.3 is 0 Å². The number of benzene rings is 2. The minimum atomic E-state index is -0.341. The molecule has 0 aliphatic carbocycles. The van der Waals surface area contributed by atoms with E-state index in [1.54, 1.807) is 19.1 Å². The number of rotatable bonds is 3. The fraction of sp³-hybridized carbons (Fsp3) is 0.143. The third kappa shape index (κ3) is 2.99. The zero-order valence-corrected chi connectivity index (χ0v) is 10.6. The van der Waals surface area contributed by atoms with Crippen LogP contribution < -0.4 is 5.32 Å². The summed E-state index contributed by atoms with van der Waals surface area (Å²) < 4.78 is 26.4. The average Bonchev–Trinajstić information content (AvgIpc) is 2.34. The van der Waals surface area contributed by atoms with Crippen LogP contribution in [-0.4, -0.2) is 0 Å². The monoisotopic (exact) mass is 267 g/mol. The van der Waals surface area contributed by atoms with E-state index in [2.05, 4.69) is 5.32 Å². The van der Waals surface area contributed by atoms with Gasteiger partial charge in [-0.2, -0.15) is 0 Å². The Labute approximate surface area is 109 Å². The fourth-order valence-corrected chi connectivity index (χ4v) is 1.76. The number of halogens is 3. The lowest BCUT2D eigenvalue weighted by Gasteiger charge is -2.09. The van der Waals surface area contributed by atoms with Gasteiger partial charge in [-0.1, -0.05) is 17.7 Å². The standard InChI is InChI=1S/C14H12ClF2N/c1-9-2-4-12(7-14(9)17)18-8-10-6-11(16)3-5-13(10)15/h2-7,18H,8H2,1H3. The predicted molar refractivity (Wildman–Crippen MR) is 69.9 cm³/mol. The highest BCUT2D eigenvalue weighted by molar-refractivity contribution is 6.31. The van der Waals surface area contributed by atoms with E-state index in [4.69, 9.17) is 11.6 Å². The summed E-state index contributed by atoms with van der Waals surface area (Å²) in [7, 11) is 0. The van der Waals surface area contributed by atoms with Crippen molar-refractivity contribution in [2.75, 3.05) is 5.32 Å². The van der Waals surface area contributed by atoms with Gasteiger partial charge in [0.05, 0.1) is 0 Å². The van der Waals surface area contributed by atoms with Crippen molar-refractivity contribution in [2.24, 2.45) is 0 Å². The molecule has 0 fully saturated rings. The maximum absolute atomic E-state index is 13.3. The van der Waals surface area contributed by atoms with Crippen molar-refractivity contribution in [3.8, 4) is 0 Å². The number of hydrogen-bond donors (Lipinski definition) is 1. The maximum atomic E-state index is 13.3. The van der Waals surface area contributed by atoms with Crippen molar-refractivity contribution in [3.63, 3.8) is 0 Å². The molecular formula is C14H12ClF2N. The highest BCUT2D eigenvalue weighted by atomic mass is 35.5. The molecule has 0 aliphatic rings. The molecule has 0 heterocycles.